The lowest BCUT2D eigenvalue weighted by Crippen LogP contribution is -2.41. The Morgan fingerprint density at radius 2 is 1.50 bits per heavy atom. The van der Waals surface area contributed by atoms with Crippen molar-refractivity contribution in [3.63, 3.8) is 0 Å². The van der Waals surface area contributed by atoms with E-state index in [9.17, 15) is 4.79 Å². The molecule has 0 radical (unpaired) electrons. The fourth-order valence-corrected chi connectivity index (χ4v) is 11.9. The lowest BCUT2D eigenvalue weighted by Gasteiger charge is -2.50. The molecule has 8 aromatic carbocycles. The molecule has 0 spiro atoms. The molecule has 3 atom stereocenters. The minimum atomic E-state index is -0.271. The highest BCUT2D eigenvalue weighted by atomic mass is 16.5. The van der Waals surface area contributed by atoms with Crippen LogP contribution < -0.4 is 0 Å². The molecule has 0 N–H and O–H groups in total. The number of methoxy groups -OCH3 is 1. The molecular formula is C44H28O2. The summed E-state index contributed by atoms with van der Waals surface area (Å²) in [6.07, 6.45) is 11.8. The van der Waals surface area contributed by atoms with Crippen LogP contribution in [0, 0.1) is 5.92 Å². The molecule has 46 heavy (non-hydrogen) atoms. The lowest BCUT2D eigenvalue weighted by atomic mass is 9.52. The smallest absolute Gasteiger partial charge is 0.305 e. The fourth-order valence-electron chi connectivity index (χ4n) is 11.9. The van der Waals surface area contributed by atoms with Gasteiger partial charge in [0, 0.05) is 23.7 Å². The van der Waals surface area contributed by atoms with E-state index in [4.69, 9.17) is 4.74 Å². The van der Waals surface area contributed by atoms with Crippen molar-refractivity contribution in [2.24, 2.45) is 5.92 Å². The zero-order valence-electron chi connectivity index (χ0n) is 25.5. The second-order valence-corrected chi connectivity index (χ2v) is 14.8. The second-order valence-electron chi connectivity index (χ2n) is 14.8. The lowest BCUT2D eigenvalue weighted by molar-refractivity contribution is -0.140. The zero-order chi connectivity index (χ0) is 29.8. The Labute approximate surface area is 264 Å². The second kappa shape index (κ2) is 7.21. The van der Waals surface area contributed by atoms with E-state index in [0.29, 0.717) is 6.42 Å². The monoisotopic (exact) mass is 588 g/mol. The van der Waals surface area contributed by atoms with Gasteiger partial charge >= 0.3 is 5.97 Å². The Morgan fingerprint density at radius 1 is 0.783 bits per heavy atom. The summed E-state index contributed by atoms with van der Waals surface area (Å²) >= 11 is 0. The van der Waals surface area contributed by atoms with Crippen molar-refractivity contribution in [2.45, 2.75) is 43.4 Å². The molecule has 216 valence electrons. The fraction of sp³-hybridized carbons (Fsp3) is 0.205. The van der Waals surface area contributed by atoms with Gasteiger partial charge in [0.15, 0.2) is 0 Å². The van der Waals surface area contributed by atoms with Gasteiger partial charge in [0.2, 0.25) is 0 Å². The molecule has 0 amide bonds. The number of hydrogen-bond acceptors (Lipinski definition) is 2. The van der Waals surface area contributed by atoms with E-state index in [0.717, 1.165) is 25.7 Å². The number of rotatable bonds is 5. The maximum Gasteiger partial charge on any atom is 0.305 e. The van der Waals surface area contributed by atoms with Crippen LogP contribution in [-0.4, -0.2) is 13.1 Å². The summed E-state index contributed by atoms with van der Waals surface area (Å²) < 4.78 is 5.20. The topological polar surface area (TPSA) is 26.3 Å². The molecule has 3 unspecified atom stereocenters. The minimum absolute atomic E-state index is 0.112. The Balaban J connectivity index is 1.36. The third-order valence-electron chi connectivity index (χ3n) is 13.2. The Bertz CT molecular complexity index is 2830. The predicted molar refractivity (Wildman–Crippen MR) is 188 cm³/mol. The van der Waals surface area contributed by atoms with Gasteiger partial charge in [-0.1, -0.05) is 78.9 Å². The van der Waals surface area contributed by atoms with E-state index < -0.39 is 0 Å². The number of esters is 1. The normalized spacial score (nSPS) is 22.8. The summed E-state index contributed by atoms with van der Waals surface area (Å²) in [5.41, 5.74) is 13.2. The maximum absolute atomic E-state index is 12.6. The summed E-state index contributed by atoms with van der Waals surface area (Å²) in [7, 11) is 1.52. The van der Waals surface area contributed by atoms with E-state index in [1.807, 2.05) is 0 Å². The molecule has 0 fully saturated rings. The first-order valence-electron chi connectivity index (χ1n) is 17.0. The van der Waals surface area contributed by atoms with Gasteiger partial charge in [-0.2, -0.15) is 0 Å². The largest absolute Gasteiger partial charge is 0.469 e. The van der Waals surface area contributed by atoms with E-state index in [1.54, 1.807) is 16.5 Å². The molecule has 8 aromatic rings. The molecular weight excluding hydrogens is 560 g/mol. The number of allylic oxidation sites excluding steroid dienone is 3. The number of carbonyl (C=O) groups excluding carboxylic acids is 1. The highest BCUT2D eigenvalue weighted by molar-refractivity contribution is 6.51. The number of carbonyl (C=O) groups is 1. The molecule has 0 saturated heterocycles. The molecule has 2 bridgehead atoms. The first kappa shape index (κ1) is 23.4. The van der Waals surface area contributed by atoms with E-state index in [2.05, 4.69) is 78.9 Å². The highest BCUT2D eigenvalue weighted by Gasteiger charge is 2.55. The van der Waals surface area contributed by atoms with Crippen LogP contribution in [-0.2, 0) is 27.8 Å². The van der Waals surface area contributed by atoms with Crippen molar-refractivity contribution < 1.29 is 9.53 Å². The Kier molecular flexibility index (Phi) is 3.67. The van der Waals surface area contributed by atoms with Crippen LogP contribution in [0.5, 0.6) is 0 Å². The van der Waals surface area contributed by atoms with Crippen LogP contribution in [0.2, 0.25) is 0 Å². The Hall–Kier alpha value is -4.95. The van der Waals surface area contributed by atoms with E-state index >= 15 is 0 Å². The van der Waals surface area contributed by atoms with Crippen LogP contribution in [0.25, 0.3) is 76.3 Å². The van der Waals surface area contributed by atoms with Crippen molar-refractivity contribution in [3.05, 3.63) is 117 Å². The molecule has 0 aromatic heterocycles. The zero-order valence-corrected chi connectivity index (χ0v) is 25.5. The summed E-state index contributed by atoms with van der Waals surface area (Å²) in [4.78, 5) is 12.6. The van der Waals surface area contributed by atoms with Gasteiger partial charge in [-0.05, 0) is 140 Å². The van der Waals surface area contributed by atoms with Gasteiger partial charge in [-0.3, -0.25) is 4.79 Å². The van der Waals surface area contributed by atoms with Gasteiger partial charge < -0.3 is 4.74 Å². The van der Waals surface area contributed by atoms with Gasteiger partial charge in [-0.25, -0.2) is 0 Å². The summed E-state index contributed by atoms with van der Waals surface area (Å²) in [5.74, 6) is 0.435. The SMILES string of the molecule is COC(=O)CCCC1(c2ccccc2)c2c3c4c5cc6ccc7cc8c9c%10c(cc%11c(c%10c2c2c4c6c7c92)C1C(C=C%11)C=C3C5)C8. The first-order valence-corrected chi connectivity index (χ1v) is 17.0. The van der Waals surface area contributed by atoms with Crippen LogP contribution in [0.3, 0.4) is 0 Å². The molecule has 13 rings (SSSR count). The van der Waals surface area contributed by atoms with Gasteiger partial charge in [0.05, 0.1) is 7.11 Å². The predicted octanol–water partition coefficient (Wildman–Crippen LogP) is 10.1. The number of benzene rings is 7. The Morgan fingerprint density at radius 3 is 2.30 bits per heavy atom. The van der Waals surface area contributed by atoms with Gasteiger partial charge in [0.1, 0.15) is 0 Å². The van der Waals surface area contributed by atoms with Crippen LogP contribution in [0.1, 0.15) is 69.7 Å². The minimum Gasteiger partial charge on any atom is -0.469 e. The van der Waals surface area contributed by atoms with Gasteiger partial charge in [-0.15, -0.1) is 0 Å². The van der Waals surface area contributed by atoms with Crippen LogP contribution in [0.4, 0.5) is 0 Å². The van der Waals surface area contributed by atoms with Crippen molar-refractivity contribution in [1.82, 2.24) is 0 Å². The van der Waals surface area contributed by atoms with Gasteiger partial charge in [0.25, 0.3) is 0 Å². The first-order chi connectivity index (χ1) is 22.7. The summed E-state index contributed by atoms with van der Waals surface area (Å²) in [6, 6.07) is 23.8. The summed E-state index contributed by atoms with van der Waals surface area (Å²) in [6.45, 7) is 0. The summed E-state index contributed by atoms with van der Waals surface area (Å²) in [5, 5.41) is 18.0. The van der Waals surface area contributed by atoms with Crippen molar-refractivity contribution in [1.29, 1.82) is 0 Å². The molecule has 0 saturated carbocycles. The standard InChI is InChI=1S/C44H28O2/c1-46-29(45)8-5-13-44(28-6-3-2-4-7-28)42-23-12-11-22-16-25-18-24-14-20-9-10-21-15-26-19-27(17-23)36-34(26)38-31(21)30(20)37-32(24)33(25)39(35(22)42)41(40(37)38)43(36)44/h2-4,6-7,9-12,14-17,23,42H,5,8,13,18-19H2,1H3. The van der Waals surface area contributed by atoms with E-state index in [1.165, 1.54) is 105 Å². The quantitative estimate of drug-likeness (QED) is 0.148. The van der Waals surface area contributed by atoms with Crippen LogP contribution >= 0.6 is 0 Å². The number of hydrogen-bond donors (Lipinski definition) is 0. The van der Waals surface area contributed by atoms with Crippen molar-refractivity contribution in [2.75, 3.05) is 7.11 Å². The van der Waals surface area contributed by atoms with E-state index in [-0.39, 0.29) is 23.2 Å². The maximum atomic E-state index is 12.6. The van der Waals surface area contributed by atoms with Crippen molar-refractivity contribution >= 4 is 82.3 Å². The number of ether oxygens (including phenoxy) is 1. The van der Waals surface area contributed by atoms with Crippen LogP contribution in [0.15, 0.2) is 72.8 Å². The molecule has 5 aliphatic carbocycles. The molecule has 2 heteroatoms. The highest BCUT2D eigenvalue weighted by Crippen LogP contribution is 2.69. The average molecular weight is 589 g/mol. The molecule has 0 aliphatic heterocycles. The average Bonchev–Trinajstić information content (AvgIpc) is 3.73. The molecule has 5 aliphatic rings. The van der Waals surface area contributed by atoms with Crippen molar-refractivity contribution in [3.8, 4) is 0 Å². The molecule has 2 nitrogen and oxygen atoms in total. The third-order valence-corrected chi connectivity index (χ3v) is 13.2. The third kappa shape index (κ3) is 2.21. The molecule has 0 heterocycles.